The summed E-state index contributed by atoms with van der Waals surface area (Å²) in [7, 11) is 0. The van der Waals surface area contributed by atoms with E-state index in [0.29, 0.717) is 84.0 Å². The largest absolute Gasteiger partial charge is 0.441 e. The van der Waals surface area contributed by atoms with Crippen molar-refractivity contribution in [3.05, 3.63) is 0 Å². The van der Waals surface area contributed by atoms with Gasteiger partial charge in [-0.25, -0.2) is 9.79 Å². The summed E-state index contributed by atoms with van der Waals surface area (Å²) in [6, 6.07) is -5.13. The van der Waals surface area contributed by atoms with Crippen molar-refractivity contribution in [1.82, 2.24) is 42.5 Å². The third-order valence-electron chi connectivity index (χ3n) is 12.2. The molecule has 0 radical (unpaired) electrons. The molecule has 3 aliphatic rings. The Labute approximate surface area is 413 Å². The minimum Gasteiger partial charge on any atom is -0.441 e. The van der Waals surface area contributed by atoms with Crippen LogP contribution in [0.5, 0.6) is 0 Å². The number of β-amino-alcohol motifs (C(OH)–C–C–N with tert-alkyl or cyclic N) is 1. The fraction of sp³-hybridized carbons (Fsp3) is 0.814. The van der Waals surface area contributed by atoms with E-state index in [4.69, 9.17) is 49.6 Å². The summed E-state index contributed by atoms with van der Waals surface area (Å²) < 4.78 is 10.9. The van der Waals surface area contributed by atoms with E-state index in [-0.39, 0.29) is 86.9 Å². The summed E-state index contributed by atoms with van der Waals surface area (Å²) in [5, 5.41) is 53.7. The number of hydrogen-bond acceptors (Lipinski definition) is 21. The van der Waals surface area contributed by atoms with Crippen molar-refractivity contribution >= 4 is 47.5 Å². The van der Waals surface area contributed by atoms with E-state index in [0.717, 1.165) is 6.42 Å². The number of carbonyl (C=O) groups excluding carboxylic acids is 7. The minimum atomic E-state index is -1.65. The van der Waals surface area contributed by atoms with Gasteiger partial charge in [0.05, 0.1) is 18.8 Å². The molecule has 406 valence electrons. The van der Waals surface area contributed by atoms with Gasteiger partial charge in [0.25, 0.3) is 0 Å². The van der Waals surface area contributed by atoms with E-state index in [2.05, 4.69) is 47.5 Å². The Morgan fingerprint density at radius 3 is 1.51 bits per heavy atom. The summed E-state index contributed by atoms with van der Waals surface area (Å²) in [4.78, 5) is 90.6. The Kier molecular flexibility index (Phi) is 27.3. The highest BCUT2D eigenvalue weighted by atomic mass is 16.6. The van der Waals surface area contributed by atoms with Crippen molar-refractivity contribution in [2.24, 2.45) is 45.1 Å². The van der Waals surface area contributed by atoms with Gasteiger partial charge in [-0.3, -0.25) is 28.8 Å². The van der Waals surface area contributed by atoms with Crippen LogP contribution in [0.1, 0.15) is 96.3 Å². The molecule has 0 spiro atoms. The van der Waals surface area contributed by atoms with Crippen LogP contribution in [0.3, 0.4) is 0 Å². The molecule has 13 atom stereocenters. The number of primary amides is 1. The Balaban J connectivity index is 1.24. The lowest BCUT2D eigenvalue weighted by molar-refractivity contribution is -0.198. The topological polar surface area (TPSA) is 489 Å². The lowest BCUT2D eigenvalue weighted by Crippen LogP contribution is -2.70. The molecule has 0 aromatic heterocycles. The van der Waals surface area contributed by atoms with Crippen LogP contribution in [0, 0.1) is 0 Å². The maximum Gasteiger partial charge on any atom is 0.404 e. The lowest BCUT2D eigenvalue weighted by atomic mass is 9.95. The summed E-state index contributed by atoms with van der Waals surface area (Å²) >= 11 is 0. The predicted octanol–water partition coefficient (Wildman–Crippen LogP) is -7.30. The van der Waals surface area contributed by atoms with Crippen LogP contribution < -0.4 is 82.7 Å². The number of guanidine groups is 1. The molecule has 0 aromatic rings. The molecular weight excluding hydrogens is 933 g/mol. The first-order valence-corrected chi connectivity index (χ1v) is 24.6. The zero-order chi connectivity index (χ0) is 52.5. The zero-order valence-electron chi connectivity index (χ0n) is 40.6. The summed E-state index contributed by atoms with van der Waals surface area (Å²) in [5.41, 5.74) is 41.2. The molecule has 28 nitrogen and oxygen atoms in total. The number of carbonyl (C=O) groups is 7. The Morgan fingerprint density at radius 2 is 1.11 bits per heavy atom. The quantitative estimate of drug-likeness (QED) is 0.0272. The predicted molar refractivity (Wildman–Crippen MR) is 259 cm³/mol. The summed E-state index contributed by atoms with van der Waals surface area (Å²) in [5.74, 6) is -1.82. The van der Waals surface area contributed by atoms with E-state index in [9.17, 15) is 48.9 Å². The monoisotopic (exact) mass is 1010 g/mol. The first kappa shape index (κ1) is 60.3. The molecule has 2 fully saturated rings. The number of rotatable bonds is 33. The van der Waals surface area contributed by atoms with E-state index in [1.54, 1.807) is 0 Å². The summed E-state index contributed by atoms with van der Waals surface area (Å²) in [6.07, 6.45) is -2.02. The fourth-order valence-electron chi connectivity index (χ4n) is 8.32. The third-order valence-corrected chi connectivity index (χ3v) is 12.2. The molecule has 0 bridgehead atoms. The Morgan fingerprint density at radius 1 is 0.690 bits per heavy atom. The van der Waals surface area contributed by atoms with E-state index < -0.39 is 91.4 Å². The minimum absolute atomic E-state index is 0.00440. The van der Waals surface area contributed by atoms with E-state index in [1.807, 2.05) is 0 Å². The molecule has 3 heterocycles. The maximum atomic E-state index is 13.2. The van der Waals surface area contributed by atoms with Crippen LogP contribution in [0.2, 0.25) is 0 Å². The van der Waals surface area contributed by atoms with Gasteiger partial charge >= 0.3 is 6.09 Å². The van der Waals surface area contributed by atoms with Gasteiger partial charge < -0.3 is 107 Å². The van der Waals surface area contributed by atoms with Crippen LogP contribution in [0.25, 0.3) is 0 Å². The average molecular weight is 1020 g/mol. The second kappa shape index (κ2) is 32.1. The number of aliphatic hydroxyl groups excluding tert-OH is 3. The van der Waals surface area contributed by atoms with E-state index in [1.165, 1.54) is 0 Å². The van der Waals surface area contributed by atoms with Crippen molar-refractivity contribution in [1.29, 1.82) is 0 Å². The third kappa shape index (κ3) is 22.9. The van der Waals surface area contributed by atoms with Crippen molar-refractivity contribution in [3.63, 3.8) is 0 Å². The number of nitrogens with two attached hydrogens (primary N) is 7. The number of aliphatic hydroxyl groups is 3. The highest BCUT2D eigenvalue weighted by Crippen LogP contribution is 2.24. The van der Waals surface area contributed by atoms with Crippen molar-refractivity contribution in [2.75, 3.05) is 45.9 Å². The number of nitrogens with one attached hydrogen (secondary N) is 8. The van der Waals surface area contributed by atoms with Crippen LogP contribution in [0.4, 0.5) is 4.79 Å². The SMILES string of the molecule is NCCC[C@H](N)CC(=O)NCCC[C@H](N)CC(=O)NCCC[C@H](N)CC(=O)NCCC[C@H](N)CC(=O)NCCC[C@H](N)CC(=O)N[C@H]1[C@H](O)[C@@H](OC(N)=O)[C@H](CO)O[C@@H]1NC1=N[C@@H]2C(=O)NC[C@@H](O)[C@H]2N1. The number of nitrogens with zero attached hydrogens (tertiary/aromatic N) is 1. The maximum absolute atomic E-state index is 13.2. The number of piperidine rings is 1. The van der Waals surface area contributed by atoms with Gasteiger partial charge in [0.1, 0.15) is 18.2 Å². The smallest absolute Gasteiger partial charge is 0.404 e. The fourth-order valence-corrected chi connectivity index (χ4v) is 8.32. The molecule has 0 unspecified atom stereocenters. The molecule has 71 heavy (non-hydrogen) atoms. The first-order chi connectivity index (χ1) is 33.8. The van der Waals surface area contributed by atoms with Gasteiger partial charge in [0.2, 0.25) is 35.4 Å². The number of fused-ring (bicyclic) bond motifs is 1. The van der Waals surface area contributed by atoms with Gasteiger partial charge in [-0.1, -0.05) is 0 Å². The first-order valence-electron chi connectivity index (χ1n) is 24.6. The Bertz CT molecular complexity index is 1740. The van der Waals surface area contributed by atoms with Gasteiger partial charge in [0.15, 0.2) is 24.3 Å². The van der Waals surface area contributed by atoms with Crippen LogP contribution in [-0.4, -0.2) is 188 Å². The standard InChI is InChI=1S/C43H82N16O12/c44-11-1-6-23(45)16-30(62)51-12-2-7-24(46)17-31(63)52-13-3-8-25(47)18-32(64)53-14-4-9-26(48)19-33(65)54-15-5-10-27(49)20-34(66)56-37-38(67)39(71-42(50)69)29(22-60)70-41(37)59-43-57-35-28(61)21-55-40(68)36(35)58-43/h23-29,35-39,41,60-61,67H,1-22,44-49H2,(H2,50,69)(H,51,62)(H,52,63)(H,53,64)(H,54,65)(H,55,68)(H,56,66)(H2,57,58,59)/t23-,24-,25-,26-,27-,28+,29-,35+,36-,37-,38-,39-,41-/m0/s1. The Hall–Kier alpha value is -5.04. The van der Waals surface area contributed by atoms with Crippen LogP contribution >= 0.6 is 0 Å². The molecule has 7 amide bonds. The number of aliphatic imine (C=N–C) groups is 1. The number of amides is 7. The molecule has 3 aliphatic heterocycles. The molecular formula is C43H82N16O12. The van der Waals surface area contributed by atoms with Crippen LogP contribution in [-0.2, 0) is 38.2 Å². The molecule has 0 aliphatic carbocycles. The van der Waals surface area contributed by atoms with Crippen molar-refractivity contribution in [3.8, 4) is 0 Å². The van der Waals surface area contributed by atoms with Gasteiger partial charge in [-0.2, -0.15) is 0 Å². The number of ether oxygens (including phenoxy) is 2. The second-order valence-corrected chi connectivity index (χ2v) is 18.5. The second-order valence-electron chi connectivity index (χ2n) is 18.5. The van der Waals surface area contributed by atoms with Crippen LogP contribution in [0.15, 0.2) is 4.99 Å². The van der Waals surface area contributed by atoms with Crippen molar-refractivity contribution in [2.45, 2.75) is 175 Å². The van der Waals surface area contributed by atoms with E-state index >= 15 is 0 Å². The van der Waals surface area contributed by atoms with Gasteiger partial charge in [-0.15, -0.1) is 0 Å². The zero-order valence-corrected chi connectivity index (χ0v) is 40.6. The molecule has 28 heteroatoms. The molecule has 3 rings (SSSR count). The number of hydrogen-bond donors (Lipinski definition) is 18. The average Bonchev–Trinajstić information content (AvgIpc) is 3.74. The highest BCUT2D eigenvalue weighted by molar-refractivity contribution is 5.93. The highest BCUT2D eigenvalue weighted by Gasteiger charge is 2.49. The molecule has 0 saturated carbocycles. The normalized spacial score (nSPS) is 24.8. The van der Waals surface area contributed by atoms with Crippen molar-refractivity contribution < 1.29 is 58.4 Å². The molecule has 0 aromatic carbocycles. The summed E-state index contributed by atoms with van der Waals surface area (Å²) in [6.45, 7) is 1.29. The molecule has 25 N–H and O–H groups in total. The molecule has 2 saturated heterocycles. The lowest BCUT2D eigenvalue weighted by Gasteiger charge is -2.44. The van der Waals surface area contributed by atoms with Gasteiger partial charge in [-0.05, 0) is 70.8 Å². The van der Waals surface area contributed by atoms with Gasteiger partial charge in [0, 0.05) is 95.0 Å².